The summed E-state index contributed by atoms with van der Waals surface area (Å²) in [5.41, 5.74) is 1.97. The summed E-state index contributed by atoms with van der Waals surface area (Å²) < 4.78 is 0.544. The van der Waals surface area contributed by atoms with E-state index in [9.17, 15) is 10.1 Å². The number of halogens is 1. The summed E-state index contributed by atoms with van der Waals surface area (Å²) in [5.74, 6) is 0. The average molecular weight is 365 g/mol. The molecule has 1 N–H and O–H groups in total. The Bertz CT molecular complexity index is 680. The Morgan fingerprint density at radius 2 is 2.00 bits per heavy atom. The van der Waals surface area contributed by atoms with Crippen LogP contribution in [0.15, 0.2) is 42.5 Å². The average Bonchev–Trinajstić information content (AvgIpc) is 2.39. The number of nitrogens with one attached hydrogen (secondary N) is 1. The number of nitriles is 1. The number of anilines is 2. The first kappa shape index (κ1) is 13.3. The van der Waals surface area contributed by atoms with E-state index in [-0.39, 0.29) is 5.69 Å². The highest BCUT2D eigenvalue weighted by molar-refractivity contribution is 14.1. The topological polar surface area (TPSA) is 79.0 Å². The van der Waals surface area contributed by atoms with Crippen LogP contribution in [0.3, 0.4) is 0 Å². The van der Waals surface area contributed by atoms with Gasteiger partial charge in [0.15, 0.2) is 0 Å². The van der Waals surface area contributed by atoms with Gasteiger partial charge in [-0.2, -0.15) is 5.26 Å². The fourth-order valence-electron chi connectivity index (χ4n) is 1.58. The molecule has 0 aliphatic carbocycles. The van der Waals surface area contributed by atoms with Crippen molar-refractivity contribution < 1.29 is 4.92 Å². The molecule has 0 amide bonds. The predicted molar refractivity (Wildman–Crippen MR) is 80.3 cm³/mol. The van der Waals surface area contributed by atoms with Gasteiger partial charge in [0.1, 0.15) is 6.07 Å². The molecule has 0 saturated carbocycles. The van der Waals surface area contributed by atoms with Gasteiger partial charge in [-0.15, -0.1) is 0 Å². The molecule has 6 heteroatoms. The molecule has 0 aromatic heterocycles. The molecule has 2 aromatic rings. The molecule has 2 rings (SSSR count). The van der Waals surface area contributed by atoms with E-state index < -0.39 is 4.92 Å². The van der Waals surface area contributed by atoms with Crippen molar-refractivity contribution in [1.82, 2.24) is 0 Å². The summed E-state index contributed by atoms with van der Waals surface area (Å²) in [5, 5.41) is 22.8. The molecule has 94 valence electrons. The van der Waals surface area contributed by atoms with Gasteiger partial charge in [0.05, 0.1) is 19.7 Å². The summed E-state index contributed by atoms with van der Waals surface area (Å²) in [6.07, 6.45) is 0. The maximum Gasteiger partial charge on any atom is 0.282 e. The number of nitro benzene ring substituents is 1. The van der Waals surface area contributed by atoms with Crippen molar-refractivity contribution in [1.29, 1.82) is 5.26 Å². The standard InChI is InChI=1S/C13H8IN3O2/c14-11-7-10(5-6-13(11)17(18)19)16-12-4-2-1-3-9(12)8-15/h1-7,16H. The highest BCUT2D eigenvalue weighted by Gasteiger charge is 2.12. The van der Waals surface area contributed by atoms with Crippen molar-refractivity contribution in [2.75, 3.05) is 5.32 Å². The van der Waals surface area contributed by atoms with E-state index in [1.54, 1.807) is 30.3 Å². The molecule has 2 aromatic carbocycles. The number of nitro groups is 1. The van der Waals surface area contributed by atoms with Crippen molar-refractivity contribution in [3.8, 4) is 6.07 Å². The van der Waals surface area contributed by atoms with Gasteiger partial charge in [-0.25, -0.2) is 0 Å². The van der Waals surface area contributed by atoms with Gasteiger partial charge in [-0.1, -0.05) is 12.1 Å². The van der Waals surface area contributed by atoms with E-state index in [0.717, 1.165) is 0 Å². The fraction of sp³-hybridized carbons (Fsp3) is 0. The second-order valence-electron chi connectivity index (χ2n) is 3.71. The van der Waals surface area contributed by atoms with E-state index in [2.05, 4.69) is 11.4 Å². The number of para-hydroxylation sites is 1. The van der Waals surface area contributed by atoms with E-state index in [1.165, 1.54) is 6.07 Å². The molecule has 0 saturated heterocycles. The minimum atomic E-state index is -0.422. The Kier molecular flexibility index (Phi) is 3.97. The van der Waals surface area contributed by atoms with Crippen LogP contribution in [-0.4, -0.2) is 4.92 Å². The maximum atomic E-state index is 10.7. The third-order valence-electron chi connectivity index (χ3n) is 2.47. The Morgan fingerprint density at radius 1 is 1.26 bits per heavy atom. The highest BCUT2D eigenvalue weighted by atomic mass is 127. The molecule has 0 aliphatic rings. The van der Waals surface area contributed by atoms with Gasteiger partial charge >= 0.3 is 0 Å². The first-order valence-electron chi connectivity index (χ1n) is 5.32. The van der Waals surface area contributed by atoms with E-state index >= 15 is 0 Å². The van der Waals surface area contributed by atoms with E-state index in [1.807, 2.05) is 28.7 Å². The van der Waals surface area contributed by atoms with E-state index in [4.69, 9.17) is 5.26 Å². The Balaban J connectivity index is 2.32. The zero-order valence-corrected chi connectivity index (χ0v) is 11.8. The molecule has 0 fully saturated rings. The first-order valence-corrected chi connectivity index (χ1v) is 6.40. The molecular formula is C13H8IN3O2. The molecule has 5 nitrogen and oxygen atoms in total. The molecule has 0 bridgehead atoms. The molecule has 0 radical (unpaired) electrons. The SMILES string of the molecule is N#Cc1ccccc1Nc1ccc([N+](=O)[O-])c(I)c1. The second kappa shape index (κ2) is 5.67. The lowest BCUT2D eigenvalue weighted by Gasteiger charge is -2.08. The van der Waals surface area contributed by atoms with Crippen molar-refractivity contribution in [2.45, 2.75) is 0 Å². The van der Waals surface area contributed by atoms with Crippen molar-refractivity contribution in [3.63, 3.8) is 0 Å². The van der Waals surface area contributed by atoms with Crippen LogP contribution in [0.4, 0.5) is 17.1 Å². The summed E-state index contributed by atoms with van der Waals surface area (Å²) in [7, 11) is 0. The third kappa shape index (κ3) is 3.00. The molecule has 0 atom stereocenters. The molecular weight excluding hydrogens is 357 g/mol. The fourth-order valence-corrected chi connectivity index (χ4v) is 2.29. The number of rotatable bonds is 3. The number of hydrogen-bond donors (Lipinski definition) is 1. The van der Waals surface area contributed by atoms with Crippen LogP contribution < -0.4 is 5.32 Å². The van der Waals surface area contributed by atoms with Gasteiger partial charge in [-0.05, 0) is 46.9 Å². The lowest BCUT2D eigenvalue weighted by molar-refractivity contribution is -0.385. The Hall–Kier alpha value is -2.14. The predicted octanol–water partition coefficient (Wildman–Crippen LogP) is 3.81. The summed E-state index contributed by atoms with van der Waals surface area (Å²) in [4.78, 5) is 10.3. The molecule has 0 unspecified atom stereocenters. The van der Waals surface area contributed by atoms with Gasteiger partial charge in [0.2, 0.25) is 0 Å². The Labute approximate surface area is 123 Å². The van der Waals surface area contributed by atoms with Crippen LogP contribution in [0.1, 0.15) is 5.56 Å². The summed E-state index contributed by atoms with van der Waals surface area (Å²) >= 11 is 1.92. The Morgan fingerprint density at radius 3 is 2.63 bits per heavy atom. The van der Waals surface area contributed by atoms with Crippen LogP contribution in [0.5, 0.6) is 0 Å². The zero-order valence-electron chi connectivity index (χ0n) is 9.63. The molecule has 0 heterocycles. The maximum absolute atomic E-state index is 10.7. The zero-order chi connectivity index (χ0) is 13.8. The summed E-state index contributed by atoms with van der Waals surface area (Å²) in [6.45, 7) is 0. The largest absolute Gasteiger partial charge is 0.354 e. The normalized spacial score (nSPS) is 9.68. The van der Waals surface area contributed by atoms with Gasteiger partial charge in [0, 0.05) is 11.8 Å². The van der Waals surface area contributed by atoms with Crippen molar-refractivity contribution >= 4 is 39.7 Å². The van der Waals surface area contributed by atoms with Gasteiger partial charge in [0.25, 0.3) is 5.69 Å². The number of nitrogens with zero attached hydrogens (tertiary/aromatic N) is 2. The van der Waals surface area contributed by atoms with Crippen LogP contribution in [-0.2, 0) is 0 Å². The van der Waals surface area contributed by atoms with Crippen LogP contribution in [0.25, 0.3) is 0 Å². The molecule has 0 spiro atoms. The highest BCUT2D eigenvalue weighted by Crippen LogP contribution is 2.27. The van der Waals surface area contributed by atoms with Crippen LogP contribution >= 0.6 is 22.6 Å². The van der Waals surface area contributed by atoms with Crippen molar-refractivity contribution in [3.05, 3.63) is 61.7 Å². The quantitative estimate of drug-likeness (QED) is 0.510. The third-order valence-corrected chi connectivity index (χ3v) is 3.33. The monoisotopic (exact) mass is 365 g/mol. The molecule has 0 aliphatic heterocycles. The van der Waals surface area contributed by atoms with Gasteiger partial charge < -0.3 is 5.32 Å². The van der Waals surface area contributed by atoms with E-state index in [0.29, 0.717) is 20.5 Å². The van der Waals surface area contributed by atoms with Gasteiger partial charge in [-0.3, -0.25) is 10.1 Å². The van der Waals surface area contributed by atoms with Crippen LogP contribution in [0, 0.1) is 25.0 Å². The minimum Gasteiger partial charge on any atom is -0.354 e. The number of benzene rings is 2. The lowest BCUT2D eigenvalue weighted by atomic mass is 10.2. The second-order valence-corrected chi connectivity index (χ2v) is 4.87. The van der Waals surface area contributed by atoms with Crippen molar-refractivity contribution in [2.24, 2.45) is 0 Å². The minimum absolute atomic E-state index is 0.0692. The lowest BCUT2D eigenvalue weighted by Crippen LogP contribution is -1.96. The number of hydrogen-bond acceptors (Lipinski definition) is 4. The first-order chi connectivity index (χ1) is 9.11. The van der Waals surface area contributed by atoms with Crippen LogP contribution in [0.2, 0.25) is 0 Å². The smallest absolute Gasteiger partial charge is 0.282 e. The molecule has 19 heavy (non-hydrogen) atoms. The summed E-state index contributed by atoms with van der Waals surface area (Å²) in [6, 6.07) is 13.9.